The fraction of sp³-hybridized carbons (Fsp3) is 0.600. The van der Waals surface area contributed by atoms with E-state index < -0.39 is 5.97 Å². The Bertz CT molecular complexity index is 413. The normalized spacial score (nSPS) is 15.1. The van der Waals surface area contributed by atoms with Gasteiger partial charge in [0.2, 0.25) is 0 Å². The van der Waals surface area contributed by atoms with Crippen LogP contribution in [0.15, 0.2) is 12.7 Å². The number of carbonyl (C=O) groups is 1. The minimum atomic E-state index is -0.864. The molecule has 1 fully saturated rings. The van der Waals surface area contributed by atoms with Gasteiger partial charge in [0.15, 0.2) is 5.82 Å². The molecule has 1 aliphatic carbocycles. The summed E-state index contributed by atoms with van der Waals surface area (Å²) < 4.78 is 1.79. The molecule has 1 aromatic heterocycles. The van der Waals surface area contributed by atoms with Gasteiger partial charge >= 0.3 is 5.97 Å². The molecule has 0 aliphatic heterocycles. The van der Waals surface area contributed by atoms with Gasteiger partial charge in [0.25, 0.3) is 0 Å². The monoisotopic (exact) mass is 237 g/mol. The number of rotatable bonds is 7. The maximum absolute atomic E-state index is 10.7. The molecule has 92 valence electrons. The van der Waals surface area contributed by atoms with Crippen molar-refractivity contribution in [2.45, 2.75) is 25.4 Å². The molecule has 17 heavy (non-hydrogen) atoms. The first kappa shape index (κ1) is 11.7. The zero-order valence-corrected chi connectivity index (χ0v) is 9.49. The molecule has 0 bridgehead atoms. The molecule has 0 spiro atoms. The Labute approximate surface area is 98.7 Å². The molecule has 7 heteroatoms. The summed E-state index contributed by atoms with van der Waals surface area (Å²) in [5.41, 5.74) is 0. The predicted molar refractivity (Wildman–Crippen MR) is 59.2 cm³/mol. The smallest absolute Gasteiger partial charge is 0.317 e. The number of carboxylic acids is 1. The van der Waals surface area contributed by atoms with Gasteiger partial charge in [-0.3, -0.25) is 9.69 Å². The fourth-order valence-corrected chi connectivity index (χ4v) is 1.68. The first-order chi connectivity index (χ1) is 8.20. The van der Waals surface area contributed by atoms with Crippen LogP contribution in [0.1, 0.15) is 24.7 Å². The van der Waals surface area contributed by atoms with Gasteiger partial charge in [-0.25, -0.2) is 4.68 Å². The van der Waals surface area contributed by atoms with Crippen molar-refractivity contribution in [3.05, 3.63) is 18.5 Å². The quantitative estimate of drug-likeness (QED) is 0.676. The van der Waals surface area contributed by atoms with Crippen LogP contribution in [0, 0.1) is 0 Å². The number of aliphatic carboxylic acids is 1. The fourth-order valence-electron chi connectivity index (χ4n) is 1.68. The van der Waals surface area contributed by atoms with E-state index in [1.165, 1.54) is 0 Å². The molecule has 1 N–H and O–H groups in total. The molecule has 0 aromatic carbocycles. The lowest BCUT2D eigenvalue weighted by molar-refractivity contribution is -0.138. The van der Waals surface area contributed by atoms with Gasteiger partial charge in [0.05, 0.1) is 19.1 Å². The number of carboxylic acid groups (broad SMARTS) is 1. The number of hydrogen-bond donors (Lipinski definition) is 1. The molecule has 0 saturated heterocycles. The Morgan fingerprint density at radius 1 is 1.65 bits per heavy atom. The number of aromatic nitrogens is 4. The summed E-state index contributed by atoms with van der Waals surface area (Å²) in [6.45, 7) is 4.51. The van der Waals surface area contributed by atoms with Crippen molar-refractivity contribution >= 4 is 5.97 Å². The maximum Gasteiger partial charge on any atom is 0.317 e. The molecule has 0 unspecified atom stereocenters. The highest BCUT2D eigenvalue weighted by molar-refractivity contribution is 5.69. The van der Waals surface area contributed by atoms with Gasteiger partial charge < -0.3 is 5.11 Å². The SMILES string of the molecule is C=CCN(CC(=O)O)Cc1nnnn1C1CC1. The van der Waals surface area contributed by atoms with E-state index in [4.69, 9.17) is 5.11 Å². The van der Waals surface area contributed by atoms with Crippen molar-refractivity contribution in [3.63, 3.8) is 0 Å². The van der Waals surface area contributed by atoms with E-state index in [2.05, 4.69) is 22.1 Å². The molecule has 1 aromatic rings. The Kier molecular flexibility index (Phi) is 3.48. The van der Waals surface area contributed by atoms with Crippen molar-refractivity contribution in [2.75, 3.05) is 13.1 Å². The summed E-state index contributed by atoms with van der Waals surface area (Å²) in [5.74, 6) is -0.145. The molecule has 0 atom stereocenters. The van der Waals surface area contributed by atoms with Gasteiger partial charge in [0.1, 0.15) is 0 Å². The molecule has 1 heterocycles. The maximum atomic E-state index is 10.7. The van der Waals surface area contributed by atoms with E-state index >= 15 is 0 Å². The lowest BCUT2D eigenvalue weighted by Gasteiger charge is -2.17. The van der Waals surface area contributed by atoms with Crippen molar-refractivity contribution in [1.29, 1.82) is 0 Å². The Morgan fingerprint density at radius 2 is 2.41 bits per heavy atom. The third kappa shape index (κ3) is 3.10. The molecule has 1 aliphatic rings. The second-order valence-electron chi connectivity index (χ2n) is 4.12. The van der Waals surface area contributed by atoms with Crippen molar-refractivity contribution in [1.82, 2.24) is 25.1 Å². The standard InChI is InChI=1S/C10H15N5O2/c1-2-5-14(7-10(16)17)6-9-11-12-13-15(9)8-3-4-8/h2,8H,1,3-7H2,(H,16,17). The van der Waals surface area contributed by atoms with Crippen molar-refractivity contribution in [3.8, 4) is 0 Å². The van der Waals surface area contributed by atoms with Gasteiger partial charge in [-0.1, -0.05) is 6.08 Å². The molecule has 2 rings (SSSR count). The minimum Gasteiger partial charge on any atom is -0.480 e. The summed E-state index contributed by atoms with van der Waals surface area (Å²) in [6, 6.07) is 0.399. The summed E-state index contributed by atoms with van der Waals surface area (Å²) in [6.07, 6.45) is 3.87. The molecular formula is C10H15N5O2. The zero-order chi connectivity index (χ0) is 12.3. The van der Waals surface area contributed by atoms with Gasteiger partial charge in [-0.2, -0.15) is 0 Å². The van der Waals surface area contributed by atoms with E-state index in [-0.39, 0.29) is 6.54 Å². The molecule has 1 saturated carbocycles. The lowest BCUT2D eigenvalue weighted by Crippen LogP contribution is -2.30. The summed E-state index contributed by atoms with van der Waals surface area (Å²) in [5, 5.41) is 20.3. The molecule has 0 radical (unpaired) electrons. The Hall–Kier alpha value is -1.76. The van der Waals surface area contributed by atoms with E-state index in [1.807, 2.05) is 0 Å². The van der Waals surface area contributed by atoms with E-state index in [0.29, 0.717) is 19.1 Å². The highest BCUT2D eigenvalue weighted by atomic mass is 16.4. The van der Waals surface area contributed by atoms with Crippen LogP contribution in [0.5, 0.6) is 0 Å². The Morgan fingerprint density at radius 3 is 3.00 bits per heavy atom. The van der Waals surface area contributed by atoms with Crippen LogP contribution in [0.4, 0.5) is 0 Å². The van der Waals surface area contributed by atoms with E-state index in [9.17, 15) is 4.79 Å². The lowest BCUT2D eigenvalue weighted by atomic mass is 10.4. The topological polar surface area (TPSA) is 84.1 Å². The summed E-state index contributed by atoms with van der Waals surface area (Å²) in [4.78, 5) is 12.4. The molecule has 7 nitrogen and oxygen atoms in total. The first-order valence-corrected chi connectivity index (χ1v) is 5.52. The summed E-state index contributed by atoms with van der Waals surface area (Å²) >= 11 is 0. The minimum absolute atomic E-state index is 0.0381. The average Bonchev–Trinajstić information content (AvgIpc) is 3.00. The van der Waals surface area contributed by atoms with Gasteiger partial charge in [-0.05, 0) is 23.3 Å². The van der Waals surface area contributed by atoms with Crippen LogP contribution in [0.3, 0.4) is 0 Å². The average molecular weight is 237 g/mol. The number of tetrazole rings is 1. The van der Waals surface area contributed by atoms with Crippen molar-refractivity contribution < 1.29 is 9.90 Å². The van der Waals surface area contributed by atoms with Crippen LogP contribution in [0.25, 0.3) is 0 Å². The third-order valence-electron chi connectivity index (χ3n) is 2.56. The van der Waals surface area contributed by atoms with Crippen molar-refractivity contribution in [2.24, 2.45) is 0 Å². The first-order valence-electron chi connectivity index (χ1n) is 5.52. The molecular weight excluding hydrogens is 222 g/mol. The van der Waals surface area contributed by atoms with Crippen LogP contribution in [0.2, 0.25) is 0 Å². The van der Waals surface area contributed by atoms with Crippen LogP contribution in [-0.4, -0.2) is 49.3 Å². The van der Waals surface area contributed by atoms with Gasteiger partial charge in [0, 0.05) is 6.54 Å². The number of nitrogens with zero attached hydrogens (tertiary/aromatic N) is 5. The van der Waals surface area contributed by atoms with Crippen LogP contribution in [-0.2, 0) is 11.3 Å². The highest BCUT2D eigenvalue weighted by Crippen LogP contribution is 2.34. The zero-order valence-electron chi connectivity index (χ0n) is 9.49. The number of hydrogen-bond acceptors (Lipinski definition) is 5. The third-order valence-corrected chi connectivity index (χ3v) is 2.56. The van der Waals surface area contributed by atoms with Gasteiger partial charge in [-0.15, -0.1) is 11.7 Å². The second kappa shape index (κ2) is 5.05. The van der Waals surface area contributed by atoms with E-state index in [0.717, 1.165) is 18.7 Å². The highest BCUT2D eigenvalue weighted by Gasteiger charge is 2.28. The Balaban J connectivity index is 2.02. The van der Waals surface area contributed by atoms with E-state index in [1.54, 1.807) is 15.7 Å². The predicted octanol–water partition coefficient (Wildman–Crippen LogP) is 0.0806. The summed E-state index contributed by atoms with van der Waals surface area (Å²) in [7, 11) is 0. The second-order valence-corrected chi connectivity index (χ2v) is 4.12. The van der Waals surface area contributed by atoms with Crippen LogP contribution < -0.4 is 0 Å². The van der Waals surface area contributed by atoms with Crippen LogP contribution >= 0.6 is 0 Å². The largest absolute Gasteiger partial charge is 0.480 e. The molecule has 0 amide bonds.